The summed E-state index contributed by atoms with van der Waals surface area (Å²) in [6, 6.07) is 16.0. The molecule has 2 N–H and O–H groups in total. The first-order valence-electron chi connectivity index (χ1n) is 10.1. The van der Waals surface area contributed by atoms with Crippen molar-refractivity contribution in [3.63, 3.8) is 0 Å². The topological polar surface area (TPSA) is 89.0 Å². The van der Waals surface area contributed by atoms with E-state index in [-0.39, 0.29) is 11.9 Å². The van der Waals surface area contributed by atoms with E-state index in [0.29, 0.717) is 48.4 Å². The van der Waals surface area contributed by atoms with E-state index in [9.17, 15) is 8.42 Å². The van der Waals surface area contributed by atoms with Crippen molar-refractivity contribution < 1.29 is 17.9 Å². The van der Waals surface area contributed by atoms with Crippen LogP contribution < -0.4 is 20.1 Å². The monoisotopic (exact) mass is 433 g/mol. The maximum Gasteiger partial charge on any atom is 0.191 e. The van der Waals surface area contributed by atoms with Crippen LogP contribution in [-0.4, -0.2) is 53.0 Å². The molecule has 0 saturated carbocycles. The van der Waals surface area contributed by atoms with Gasteiger partial charge < -0.3 is 20.1 Å². The average molecular weight is 434 g/mol. The van der Waals surface area contributed by atoms with Crippen LogP contribution in [0.25, 0.3) is 0 Å². The Kier molecular flexibility index (Phi) is 9.47. The summed E-state index contributed by atoms with van der Waals surface area (Å²) in [4.78, 5) is 4.89. The van der Waals surface area contributed by atoms with Gasteiger partial charge in [0.25, 0.3) is 0 Å². The summed E-state index contributed by atoms with van der Waals surface area (Å²) in [7, 11) is -1.66. The van der Waals surface area contributed by atoms with Crippen LogP contribution in [0.1, 0.15) is 20.3 Å². The Morgan fingerprint density at radius 1 is 1.03 bits per heavy atom. The lowest BCUT2D eigenvalue weighted by Crippen LogP contribution is -2.39. The van der Waals surface area contributed by atoms with Gasteiger partial charge in [0.1, 0.15) is 6.10 Å². The summed E-state index contributed by atoms with van der Waals surface area (Å²) in [5, 5.41) is 6.34. The lowest BCUT2D eigenvalue weighted by Gasteiger charge is -2.16. The van der Waals surface area contributed by atoms with Gasteiger partial charge in [-0.05, 0) is 44.5 Å². The van der Waals surface area contributed by atoms with Crippen molar-refractivity contribution >= 4 is 15.8 Å². The Morgan fingerprint density at radius 3 is 2.37 bits per heavy atom. The highest BCUT2D eigenvalue weighted by Gasteiger charge is 2.13. The third kappa shape index (κ3) is 7.59. The number of rotatable bonds is 11. The SMILES string of the molecule is CCNC(=NCC(C)Oc1ccccc1OC)NCCCS(=O)(=O)c1ccccc1. The van der Waals surface area contributed by atoms with Crippen LogP contribution in [-0.2, 0) is 9.84 Å². The molecule has 0 aromatic heterocycles. The van der Waals surface area contributed by atoms with Crippen LogP contribution in [0, 0.1) is 0 Å². The zero-order valence-corrected chi connectivity index (χ0v) is 18.6. The molecule has 0 aliphatic carbocycles. The van der Waals surface area contributed by atoms with Gasteiger partial charge in [-0.25, -0.2) is 13.4 Å². The second-order valence-electron chi connectivity index (χ2n) is 6.71. The molecular weight excluding hydrogens is 402 g/mol. The predicted octanol–water partition coefficient (Wildman–Crippen LogP) is 2.88. The molecule has 164 valence electrons. The van der Waals surface area contributed by atoms with Gasteiger partial charge in [0, 0.05) is 13.1 Å². The molecule has 1 unspecified atom stereocenters. The summed E-state index contributed by atoms with van der Waals surface area (Å²) in [5.41, 5.74) is 0. The minimum atomic E-state index is -3.27. The zero-order valence-electron chi connectivity index (χ0n) is 17.8. The number of ether oxygens (including phenoxy) is 2. The molecule has 0 fully saturated rings. The third-order valence-electron chi connectivity index (χ3n) is 4.23. The van der Waals surface area contributed by atoms with Gasteiger partial charge in [0.05, 0.1) is 24.3 Å². The Morgan fingerprint density at radius 2 is 1.70 bits per heavy atom. The van der Waals surface area contributed by atoms with E-state index in [4.69, 9.17) is 9.47 Å². The first-order valence-corrected chi connectivity index (χ1v) is 11.7. The summed E-state index contributed by atoms with van der Waals surface area (Å²) in [6.07, 6.45) is 0.324. The quantitative estimate of drug-likeness (QED) is 0.322. The third-order valence-corrected chi connectivity index (χ3v) is 6.05. The number of guanidine groups is 1. The van der Waals surface area contributed by atoms with Crippen molar-refractivity contribution in [1.82, 2.24) is 10.6 Å². The van der Waals surface area contributed by atoms with E-state index in [1.165, 1.54) is 0 Å². The molecule has 0 aliphatic heterocycles. The van der Waals surface area contributed by atoms with Gasteiger partial charge in [-0.2, -0.15) is 0 Å². The lowest BCUT2D eigenvalue weighted by atomic mass is 10.3. The molecule has 0 radical (unpaired) electrons. The number of methoxy groups -OCH3 is 1. The predicted molar refractivity (Wildman–Crippen MR) is 120 cm³/mol. The number of para-hydroxylation sites is 2. The normalized spacial score (nSPS) is 12.8. The Hall–Kier alpha value is -2.74. The van der Waals surface area contributed by atoms with Gasteiger partial charge in [-0.1, -0.05) is 30.3 Å². The zero-order chi connectivity index (χ0) is 21.8. The van der Waals surface area contributed by atoms with E-state index in [1.54, 1.807) is 37.4 Å². The van der Waals surface area contributed by atoms with Crippen LogP contribution in [0.15, 0.2) is 64.5 Å². The fourth-order valence-electron chi connectivity index (χ4n) is 2.75. The molecule has 2 aromatic carbocycles. The fraction of sp³-hybridized carbons (Fsp3) is 0.409. The molecule has 8 heteroatoms. The van der Waals surface area contributed by atoms with Gasteiger partial charge in [-0.15, -0.1) is 0 Å². The van der Waals surface area contributed by atoms with E-state index >= 15 is 0 Å². The van der Waals surface area contributed by atoms with Gasteiger partial charge in [0.2, 0.25) is 0 Å². The van der Waals surface area contributed by atoms with Gasteiger partial charge in [-0.3, -0.25) is 0 Å². The minimum absolute atomic E-state index is 0.0801. The van der Waals surface area contributed by atoms with E-state index in [1.807, 2.05) is 38.1 Å². The molecule has 2 rings (SSSR count). The second kappa shape index (κ2) is 12.1. The Labute approximate surface area is 179 Å². The molecule has 0 heterocycles. The van der Waals surface area contributed by atoms with Crippen molar-refractivity contribution in [3.8, 4) is 11.5 Å². The van der Waals surface area contributed by atoms with Crippen LogP contribution >= 0.6 is 0 Å². The number of hydrogen-bond donors (Lipinski definition) is 2. The molecule has 30 heavy (non-hydrogen) atoms. The largest absolute Gasteiger partial charge is 0.493 e. The number of aliphatic imine (C=N–C) groups is 1. The smallest absolute Gasteiger partial charge is 0.191 e. The molecule has 0 amide bonds. The van der Waals surface area contributed by atoms with Crippen LogP contribution in [0.5, 0.6) is 11.5 Å². The standard InChI is InChI=1S/C22H31N3O4S/c1-4-23-22(24-15-10-16-30(26,27)19-11-6-5-7-12-19)25-17-18(2)29-21-14-9-8-13-20(21)28-3/h5-9,11-14,18H,4,10,15-17H2,1-3H3,(H2,23,24,25). The van der Waals surface area contributed by atoms with Crippen molar-refractivity contribution in [2.75, 3.05) is 32.5 Å². The lowest BCUT2D eigenvalue weighted by molar-refractivity contribution is 0.219. The summed E-state index contributed by atoms with van der Waals surface area (Å²) in [6.45, 7) is 5.56. The first-order chi connectivity index (χ1) is 14.5. The minimum Gasteiger partial charge on any atom is -0.493 e. The number of sulfone groups is 1. The molecule has 0 saturated heterocycles. The van der Waals surface area contributed by atoms with Crippen molar-refractivity contribution in [2.45, 2.75) is 31.3 Å². The van der Waals surface area contributed by atoms with E-state index < -0.39 is 9.84 Å². The molecule has 1 atom stereocenters. The van der Waals surface area contributed by atoms with Crippen molar-refractivity contribution in [2.24, 2.45) is 4.99 Å². The van der Waals surface area contributed by atoms with Crippen molar-refractivity contribution in [1.29, 1.82) is 0 Å². The summed E-state index contributed by atoms with van der Waals surface area (Å²) >= 11 is 0. The second-order valence-corrected chi connectivity index (χ2v) is 8.82. The van der Waals surface area contributed by atoms with Crippen LogP contribution in [0.3, 0.4) is 0 Å². The molecular formula is C22H31N3O4S. The molecule has 2 aromatic rings. The Bertz CT molecular complexity index is 902. The maximum absolute atomic E-state index is 12.3. The highest BCUT2D eigenvalue weighted by molar-refractivity contribution is 7.91. The number of nitrogens with zero attached hydrogens (tertiary/aromatic N) is 1. The molecule has 0 aliphatic rings. The Balaban J connectivity index is 1.84. The summed E-state index contributed by atoms with van der Waals surface area (Å²) < 4.78 is 35.9. The molecule has 0 spiro atoms. The van der Waals surface area contributed by atoms with Gasteiger partial charge >= 0.3 is 0 Å². The summed E-state index contributed by atoms with van der Waals surface area (Å²) in [5.74, 6) is 2.06. The average Bonchev–Trinajstić information content (AvgIpc) is 2.76. The number of hydrogen-bond acceptors (Lipinski definition) is 5. The molecule has 7 nitrogen and oxygen atoms in total. The number of benzene rings is 2. The highest BCUT2D eigenvalue weighted by Crippen LogP contribution is 2.26. The van der Waals surface area contributed by atoms with Gasteiger partial charge in [0.15, 0.2) is 27.3 Å². The first kappa shape index (κ1) is 23.5. The van der Waals surface area contributed by atoms with Crippen molar-refractivity contribution in [3.05, 3.63) is 54.6 Å². The fourth-order valence-corrected chi connectivity index (χ4v) is 4.08. The van der Waals surface area contributed by atoms with E-state index in [2.05, 4.69) is 15.6 Å². The van der Waals surface area contributed by atoms with Crippen LogP contribution in [0.4, 0.5) is 0 Å². The maximum atomic E-state index is 12.3. The highest BCUT2D eigenvalue weighted by atomic mass is 32.2. The van der Waals surface area contributed by atoms with Crippen LogP contribution in [0.2, 0.25) is 0 Å². The van der Waals surface area contributed by atoms with E-state index in [0.717, 1.165) is 0 Å². The molecule has 0 bridgehead atoms. The number of nitrogens with one attached hydrogen (secondary N) is 2.